The highest BCUT2D eigenvalue weighted by Crippen LogP contribution is 2.31. The molecule has 0 aliphatic carbocycles. The number of anilines is 2. The van der Waals surface area contributed by atoms with E-state index in [9.17, 15) is 5.11 Å². The van der Waals surface area contributed by atoms with Crippen molar-refractivity contribution in [2.45, 2.75) is 32.3 Å². The Balaban J connectivity index is 2.30. The van der Waals surface area contributed by atoms with E-state index in [-0.39, 0.29) is 0 Å². The van der Waals surface area contributed by atoms with Crippen molar-refractivity contribution in [2.75, 3.05) is 23.7 Å². The van der Waals surface area contributed by atoms with E-state index >= 15 is 0 Å². The van der Waals surface area contributed by atoms with Crippen molar-refractivity contribution in [2.24, 2.45) is 0 Å². The van der Waals surface area contributed by atoms with Crippen LogP contribution in [-0.2, 0) is 6.42 Å². The standard InChI is InChI=1S/C13H20N2O/c1-13(2,16)9-15-8-4-5-10-11(14)6-3-7-12(10)15/h3,6-7,16H,4-5,8-9,14H2,1-2H3. The van der Waals surface area contributed by atoms with Crippen LogP contribution < -0.4 is 10.6 Å². The molecule has 0 radical (unpaired) electrons. The molecule has 0 aromatic heterocycles. The minimum atomic E-state index is -0.667. The quantitative estimate of drug-likeness (QED) is 0.747. The Hall–Kier alpha value is -1.22. The highest BCUT2D eigenvalue weighted by Gasteiger charge is 2.23. The maximum atomic E-state index is 9.89. The highest BCUT2D eigenvalue weighted by atomic mass is 16.3. The van der Waals surface area contributed by atoms with E-state index in [1.54, 1.807) is 0 Å². The molecule has 1 heterocycles. The Bertz CT molecular complexity index is 382. The summed E-state index contributed by atoms with van der Waals surface area (Å²) < 4.78 is 0. The number of nitrogens with zero attached hydrogens (tertiary/aromatic N) is 1. The summed E-state index contributed by atoms with van der Waals surface area (Å²) in [6.07, 6.45) is 2.15. The summed E-state index contributed by atoms with van der Waals surface area (Å²) in [5.74, 6) is 0. The number of nitrogens with two attached hydrogens (primary N) is 1. The first-order valence-electron chi connectivity index (χ1n) is 5.82. The second-order valence-electron chi connectivity index (χ2n) is 5.18. The molecule has 0 bridgehead atoms. The lowest BCUT2D eigenvalue weighted by atomic mass is 9.98. The predicted molar refractivity (Wildman–Crippen MR) is 67.7 cm³/mol. The van der Waals surface area contributed by atoms with Gasteiger partial charge in [0.1, 0.15) is 0 Å². The molecule has 0 amide bonds. The maximum absolute atomic E-state index is 9.89. The molecule has 3 nitrogen and oxygen atoms in total. The molecule has 1 aliphatic heterocycles. The molecule has 1 aliphatic rings. The van der Waals surface area contributed by atoms with Gasteiger partial charge in [0.15, 0.2) is 0 Å². The number of aliphatic hydroxyl groups is 1. The second kappa shape index (κ2) is 3.98. The fraction of sp³-hybridized carbons (Fsp3) is 0.538. The maximum Gasteiger partial charge on any atom is 0.0765 e. The summed E-state index contributed by atoms with van der Waals surface area (Å²) in [5, 5.41) is 9.89. The van der Waals surface area contributed by atoms with E-state index in [1.807, 2.05) is 26.0 Å². The van der Waals surface area contributed by atoms with Gasteiger partial charge >= 0.3 is 0 Å². The van der Waals surface area contributed by atoms with Crippen LogP contribution in [0.2, 0.25) is 0 Å². The van der Waals surface area contributed by atoms with Crippen molar-refractivity contribution in [1.29, 1.82) is 0 Å². The third kappa shape index (κ3) is 2.30. The van der Waals surface area contributed by atoms with Crippen molar-refractivity contribution in [3.8, 4) is 0 Å². The first-order valence-corrected chi connectivity index (χ1v) is 5.82. The average molecular weight is 220 g/mol. The normalized spacial score (nSPS) is 16.1. The third-order valence-electron chi connectivity index (χ3n) is 2.96. The Morgan fingerprint density at radius 3 is 2.88 bits per heavy atom. The van der Waals surface area contributed by atoms with Gasteiger partial charge in [-0.25, -0.2) is 0 Å². The Kier molecular flexibility index (Phi) is 2.80. The molecular formula is C13H20N2O. The van der Waals surface area contributed by atoms with Crippen molar-refractivity contribution >= 4 is 11.4 Å². The summed E-state index contributed by atoms with van der Waals surface area (Å²) in [6, 6.07) is 6.03. The number of hydrogen-bond donors (Lipinski definition) is 2. The number of hydrogen-bond acceptors (Lipinski definition) is 3. The van der Waals surface area contributed by atoms with Crippen LogP contribution in [0.5, 0.6) is 0 Å². The van der Waals surface area contributed by atoms with Gasteiger partial charge < -0.3 is 15.7 Å². The van der Waals surface area contributed by atoms with Gasteiger partial charge in [0.05, 0.1) is 5.60 Å². The van der Waals surface area contributed by atoms with E-state index in [2.05, 4.69) is 11.0 Å². The lowest BCUT2D eigenvalue weighted by Gasteiger charge is -2.35. The molecule has 0 fully saturated rings. The van der Waals surface area contributed by atoms with Crippen LogP contribution >= 0.6 is 0 Å². The highest BCUT2D eigenvalue weighted by molar-refractivity contribution is 5.66. The number of rotatable bonds is 2. The van der Waals surface area contributed by atoms with Crippen LogP contribution in [0.1, 0.15) is 25.8 Å². The minimum Gasteiger partial charge on any atom is -0.398 e. The topological polar surface area (TPSA) is 49.5 Å². The molecule has 0 unspecified atom stereocenters. The van der Waals surface area contributed by atoms with Crippen LogP contribution in [-0.4, -0.2) is 23.8 Å². The van der Waals surface area contributed by atoms with Crippen molar-refractivity contribution < 1.29 is 5.11 Å². The van der Waals surface area contributed by atoms with E-state index in [0.29, 0.717) is 6.54 Å². The Morgan fingerprint density at radius 1 is 1.44 bits per heavy atom. The molecule has 1 aromatic rings. The van der Waals surface area contributed by atoms with Crippen LogP contribution in [0, 0.1) is 0 Å². The number of β-amino-alcohol motifs (C(OH)–C–C–N with tert-alkyl or cyclic N) is 1. The van der Waals surface area contributed by atoms with Gasteiger partial charge in [-0.05, 0) is 44.4 Å². The summed E-state index contributed by atoms with van der Waals surface area (Å²) in [4.78, 5) is 2.23. The van der Waals surface area contributed by atoms with Crippen molar-refractivity contribution in [1.82, 2.24) is 0 Å². The van der Waals surface area contributed by atoms with Gasteiger partial charge in [-0.15, -0.1) is 0 Å². The van der Waals surface area contributed by atoms with E-state index in [0.717, 1.165) is 25.1 Å². The number of nitrogen functional groups attached to an aromatic ring is 1. The minimum absolute atomic E-state index is 0.656. The van der Waals surface area contributed by atoms with Crippen LogP contribution in [0.3, 0.4) is 0 Å². The van der Waals surface area contributed by atoms with Gasteiger partial charge in [-0.2, -0.15) is 0 Å². The molecule has 2 rings (SSSR count). The monoisotopic (exact) mass is 220 g/mol. The predicted octanol–water partition coefficient (Wildman–Crippen LogP) is 1.79. The SMILES string of the molecule is CC(C)(O)CN1CCCc2c(N)cccc21. The molecule has 3 heteroatoms. The van der Waals surface area contributed by atoms with E-state index in [1.165, 1.54) is 11.3 Å². The van der Waals surface area contributed by atoms with Gasteiger partial charge in [0, 0.05) is 24.5 Å². The molecule has 0 atom stereocenters. The van der Waals surface area contributed by atoms with Gasteiger partial charge in [0.2, 0.25) is 0 Å². The van der Waals surface area contributed by atoms with Crippen molar-refractivity contribution in [3.63, 3.8) is 0 Å². The summed E-state index contributed by atoms with van der Waals surface area (Å²) in [5.41, 5.74) is 8.61. The summed E-state index contributed by atoms with van der Waals surface area (Å²) in [7, 11) is 0. The number of fused-ring (bicyclic) bond motifs is 1. The van der Waals surface area contributed by atoms with Crippen LogP contribution in [0.4, 0.5) is 11.4 Å². The Morgan fingerprint density at radius 2 is 2.19 bits per heavy atom. The molecule has 88 valence electrons. The zero-order valence-corrected chi connectivity index (χ0v) is 10.0. The molecule has 3 N–H and O–H groups in total. The van der Waals surface area contributed by atoms with Gasteiger partial charge in [0.25, 0.3) is 0 Å². The molecule has 0 saturated carbocycles. The number of benzene rings is 1. The fourth-order valence-corrected chi connectivity index (χ4v) is 2.36. The lowest BCUT2D eigenvalue weighted by molar-refractivity contribution is 0.0870. The largest absolute Gasteiger partial charge is 0.398 e. The van der Waals surface area contributed by atoms with E-state index in [4.69, 9.17) is 5.73 Å². The van der Waals surface area contributed by atoms with Crippen LogP contribution in [0.25, 0.3) is 0 Å². The average Bonchev–Trinajstić information content (AvgIpc) is 2.17. The summed E-state index contributed by atoms with van der Waals surface area (Å²) >= 11 is 0. The first-order chi connectivity index (χ1) is 7.47. The third-order valence-corrected chi connectivity index (χ3v) is 2.96. The van der Waals surface area contributed by atoms with Crippen LogP contribution in [0.15, 0.2) is 18.2 Å². The molecule has 1 aromatic carbocycles. The molecule has 0 spiro atoms. The second-order valence-corrected chi connectivity index (χ2v) is 5.18. The molecule has 0 saturated heterocycles. The van der Waals surface area contributed by atoms with Gasteiger partial charge in [-0.1, -0.05) is 6.07 Å². The molecular weight excluding hydrogens is 200 g/mol. The molecule has 16 heavy (non-hydrogen) atoms. The lowest BCUT2D eigenvalue weighted by Crippen LogP contribution is -2.41. The summed E-state index contributed by atoms with van der Waals surface area (Å²) in [6.45, 7) is 5.34. The smallest absolute Gasteiger partial charge is 0.0765 e. The zero-order chi connectivity index (χ0) is 11.8. The van der Waals surface area contributed by atoms with Gasteiger partial charge in [-0.3, -0.25) is 0 Å². The van der Waals surface area contributed by atoms with Crippen molar-refractivity contribution in [3.05, 3.63) is 23.8 Å². The first kappa shape index (κ1) is 11.3. The van der Waals surface area contributed by atoms with E-state index < -0.39 is 5.60 Å². The fourth-order valence-electron chi connectivity index (χ4n) is 2.36. The Labute approximate surface area is 96.9 Å². The zero-order valence-electron chi connectivity index (χ0n) is 10.0.